The molecule has 0 radical (unpaired) electrons. The molecular weight excluding hydrogens is 753 g/mol. The minimum absolute atomic E-state index is 0.804. The fourth-order valence-electron chi connectivity index (χ4n) is 8.02. The summed E-state index contributed by atoms with van der Waals surface area (Å²) in [4.78, 5) is 14.9. The molecule has 0 N–H and O–H groups in total. The van der Waals surface area contributed by atoms with Crippen molar-refractivity contribution in [3.63, 3.8) is 0 Å². The van der Waals surface area contributed by atoms with Crippen LogP contribution in [0.5, 0.6) is 23.0 Å². The van der Waals surface area contributed by atoms with Gasteiger partial charge in [0.05, 0.1) is 43.2 Å². The smallest absolute Gasteiger partial charge is 0.151 e. The highest BCUT2D eigenvalue weighted by atomic mass is 32.1. The number of thiazole rings is 2. The molecule has 0 saturated heterocycles. The van der Waals surface area contributed by atoms with Gasteiger partial charge in [-0.1, -0.05) is 72.8 Å². The Kier molecular flexibility index (Phi) is 7.47. The molecule has 2 aromatic heterocycles. The number of nitrogens with zero attached hydrogens (tertiary/aromatic N) is 4. The molecule has 0 spiro atoms. The predicted molar refractivity (Wildman–Crippen MR) is 239 cm³/mol. The zero-order valence-corrected chi connectivity index (χ0v) is 32.4. The Morgan fingerprint density at radius 2 is 0.672 bits per heavy atom. The van der Waals surface area contributed by atoms with E-state index in [9.17, 15) is 0 Å². The van der Waals surface area contributed by atoms with E-state index < -0.39 is 0 Å². The summed E-state index contributed by atoms with van der Waals surface area (Å²) in [5.74, 6) is 3.21. The molecule has 0 saturated carbocycles. The highest BCUT2D eigenvalue weighted by molar-refractivity contribution is 7.22. The molecule has 8 heteroatoms. The molecule has 2 aliphatic rings. The van der Waals surface area contributed by atoms with Gasteiger partial charge in [0.1, 0.15) is 10.0 Å². The van der Waals surface area contributed by atoms with Gasteiger partial charge in [0.15, 0.2) is 23.0 Å². The number of fused-ring (bicyclic) bond motifs is 6. The van der Waals surface area contributed by atoms with E-state index in [1.165, 1.54) is 0 Å². The number of para-hydroxylation sites is 10. The quantitative estimate of drug-likeness (QED) is 0.173. The van der Waals surface area contributed by atoms with E-state index >= 15 is 0 Å². The van der Waals surface area contributed by atoms with E-state index in [1.807, 2.05) is 60.7 Å². The van der Waals surface area contributed by atoms with E-state index in [-0.39, 0.29) is 0 Å². The van der Waals surface area contributed by atoms with Crippen molar-refractivity contribution >= 4 is 77.2 Å². The first-order chi connectivity index (χ1) is 28.7. The Morgan fingerprint density at radius 1 is 0.345 bits per heavy atom. The van der Waals surface area contributed by atoms with Crippen LogP contribution < -0.4 is 19.3 Å². The van der Waals surface area contributed by atoms with Crippen LogP contribution in [-0.4, -0.2) is 9.97 Å². The van der Waals surface area contributed by atoms with Crippen LogP contribution in [0, 0.1) is 0 Å². The maximum Gasteiger partial charge on any atom is 0.151 e. The number of aromatic nitrogens is 2. The predicted octanol–water partition coefficient (Wildman–Crippen LogP) is 15.1. The van der Waals surface area contributed by atoms with Crippen LogP contribution in [0.3, 0.4) is 0 Å². The maximum atomic E-state index is 6.46. The minimum Gasteiger partial charge on any atom is -0.453 e. The zero-order chi connectivity index (χ0) is 38.2. The number of hydrogen-bond donors (Lipinski definition) is 0. The first kappa shape index (κ1) is 32.9. The van der Waals surface area contributed by atoms with Gasteiger partial charge in [-0.2, -0.15) is 0 Å². The monoisotopic (exact) mass is 782 g/mol. The van der Waals surface area contributed by atoms with Crippen LogP contribution in [-0.2, 0) is 0 Å². The Hall–Kier alpha value is -7.26. The first-order valence-electron chi connectivity index (χ1n) is 19.0. The topological polar surface area (TPSA) is 50.7 Å². The van der Waals surface area contributed by atoms with Crippen LogP contribution in [0.4, 0.5) is 34.1 Å². The van der Waals surface area contributed by atoms with Gasteiger partial charge in [-0.05, 0) is 120 Å². The molecule has 8 aromatic carbocycles. The fraction of sp³-hybridized carbons (Fsp3) is 0. The summed E-state index contributed by atoms with van der Waals surface area (Å²) in [6, 6.07) is 63.3. The summed E-state index contributed by atoms with van der Waals surface area (Å²) >= 11 is 3.42. The first-order valence-corrected chi connectivity index (χ1v) is 20.7. The van der Waals surface area contributed by atoms with E-state index in [2.05, 4.69) is 131 Å². The molecule has 6 nitrogen and oxygen atoms in total. The lowest BCUT2D eigenvalue weighted by Crippen LogP contribution is -2.16. The molecule has 0 aliphatic carbocycles. The third-order valence-electron chi connectivity index (χ3n) is 10.6. The Bertz CT molecular complexity index is 2870. The molecule has 0 fully saturated rings. The fourth-order valence-corrected chi connectivity index (χ4v) is 9.92. The van der Waals surface area contributed by atoms with Gasteiger partial charge in [-0.3, -0.25) is 0 Å². The average Bonchev–Trinajstić information content (AvgIpc) is 3.92. The van der Waals surface area contributed by atoms with Gasteiger partial charge >= 0.3 is 0 Å². The Labute approximate surface area is 342 Å². The van der Waals surface area contributed by atoms with Crippen LogP contribution in [0.2, 0.25) is 0 Å². The van der Waals surface area contributed by atoms with Gasteiger partial charge in [-0.15, -0.1) is 22.7 Å². The van der Waals surface area contributed by atoms with Crippen molar-refractivity contribution in [2.75, 3.05) is 9.80 Å². The van der Waals surface area contributed by atoms with Crippen molar-refractivity contribution in [1.29, 1.82) is 0 Å². The van der Waals surface area contributed by atoms with E-state index in [0.717, 1.165) is 110 Å². The molecule has 0 atom stereocenters. The molecule has 0 amide bonds. The molecule has 0 unspecified atom stereocenters. The number of hydrogen-bond acceptors (Lipinski definition) is 8. The van der Waals surface area contributed by atoms with Crippen molar-refractivity contribution in [2.24, 2.45) is 0 Å². The lowest BCUT2D eigenvalue weighted by atomic mass is 9.97. The summed E-state index contributed by atoms with van der Waals surface area (Å²) in [6.45, 7) is 0. The summed E-state index contributed by atoms with van der Waals surface area (Å²) < 4.78 is 15.2. The molecule has 58 heavy (non-hydrogen) atoms. The van der Waals surface area contributed by atoms with Crippen molar-refractivity contribution in [3.05, 3.63) is 182 Å². The van der Waals surface area contributed by atoms with Crippen molar-refractivity contribution in [2.45, 2.75) is 0 Å². The molecule has 2 aliphatic heterocycles. The van der Waals surface area contributed by atoms with Crippen LogP contribution in [0.1, 0.15) is 0 Å². The summed E-state index contributed by atoms with van der Waals surface area (Å²) in [5.41, 5.74) is 12.0. The molecule has 10 aromatic rings. The Balaban J connectivity index is 1.13. The maximum absolute atomic E-state index is 6.46. The number of rotatable bonds is 5. The lowest BCUT2D eigenvalue weighted by molar-refractivity contribution is 0.476. The largest absolute Gasteiger partial charge is 0.453 e. The minimum atomic E-state index is 0.804. The van der Waals surface area contributed by atoms with Crippen molar-refractivity contribution in [3.8, 4) is 55.3 Å². The lowest BCUT2D eigenvalue weighted by Gasteiger charge is -2.34. The number of ether oxygens (including phenoxy) is 2. The summed E-state index contributed by atoms with van der Waals surface area (Å²) in [5, 5.41) is 1.91. The van der Waals surface area contributed by atoms with E-state index in [0.29, 0.717) is 0 Å². The normalized spacial score (nSPS) is 12.7. The highest BCUT2D eigenvalue weighted by Gasteiger charge is 2.29. The molecular formula is C50H30N4O2S2. The second-order valence-electron chi connectivity index (χ2n) is 14.3. The second-order valence-corrected chi connectivity index (χ2v) is 16.3. The SMILES string of the molecule is c1ccc2c(c1)Oc1ccccc1N2c1cc(-c2cc(-c3nc4ccccc4s3)cc(N3c4ccccc4Oc4ccccc43)c2)cc(-c2nc3ccccc3s2)c1. The van der Waals surface area contributed by atoms with Gasteiger partial charge in [0.25, 0.3) is 0 Å². The average molecular weight is 783 g/mol. The van der Waals surface area contributed by atoms with Gasteiger partial charge in [-0.25, -0.2) is 9.97 Å². The van der Waals surface area contributed by atoms with E-state index in [1.54, 1.807) is 22.7 Å². The zero-order valence-electron chi connectivity index (χ0n) is 30.7. The molecule has 4 heterocycles. The Morgan fingerprint density at radius 3 is 1.05 bits per heavy atom. The van der Waals surface area contributed by atoms with Crippen LogP contribution in [0.25, 0.3) is 52.7 Å². The molecule has 12 rings (SSSR count). The third-order valence-corrected chi connectivity index (χ3v) is 12.8. The van der Waals surface area contributed by atoms with Crippen LogP contribution >= 0.6 is 22.7 Å². The summed E-state index contributed by atoms with van der Waals surface area (Å²) in [6.07, 6.45) is 0. The van der Waals surface area contributed by atoms with Gasteiger partial charge in [0.2, 0.25) is 0 Å². The van der Waals surface area contributed by atoms with Crippen molar-refractivity contribution < 1.29 is 9.47 Å². The molecule has 274 valence electrons. The van der Waals surface area contributed by atoms with Crippen molar-refractivity contribution in [1.82, 2.24) is 9.97 Å². The third kappa shape index (κ3) is 5.45. The summed E-state index contributed by atoms with van der Waals surface area (Å²) in [7, 11) is 0. The number of benzene rings is 8. The van der Waals surface area contributed by atoms with Gasteiger partial charge < -0.3 is 19.3 Å². The van der Waals surface area contributed by atoms with Gasteiger partial charge in [0, 0.05) is 22.5 Å². The number of anilines is 6. The highest BCUT2D eigenvalue weighted by Crippen LogP contribution is 2.54. The van der Waals surface area contributed by atoms with Crippen LogP contribution in [0.15, 0.2) is 182 Å². The standard InChI is InChI=1S/C50H30N4O2S2/c1-11-23-47-37(13-1)51-49(57-47)33-25-31(27-35(29-33)53-39-15-3-7-19-43(39)55-44-20-8-4-16-40(44)53)32-26-34(50-52-38-14-2-12-24-48(38)58-50)30-36(28-32)54-41-17-5-9-21-45(41)56-46-22-10-6-18-42(46)54/h1-30H. The van der Waals surface area contributed by atoms with E-state index in [4.69, 9.17) is 19.4 Å². The molecule has 0 bridgehead atoms. The second kappa shape index (κ2) is 13.2.